The van der Waals surface area contributed by atoms with Crippen molar-refractivity contribution in [2.24, 2.45) is 7.05 Å². The second-order valence-electron chi connectivity index (χ2n) is 5.07. The number of hydrogen-bond acceptors (Lipinski definition) is 5. The van der Waals surface area contributed by atoms with E-state index in [4.69, 9.17) is 11.6 Å². The molecule has 25 heavy (non-hydrogen) atoms. The van der Waals surface area contributed by atoms with E-state index in [-0.39, 0.29) is 17.3 Å². The van der Waals surface area contributed by atoms with Gasteiger partial charge in [-0.3, -0.25) is 9.78 Å². The number of carbonyl (C=O) groups excluding carboxylic acids is 1. The lowest BCUT2D eigenvalue weighted by Gasteiger charge is -2.07. The minimum absolute atomic E-state index is 0.0483. The van der Waals surface area contributed by atoms with Crippen molar-refractivity contribution in [3.8, 4) is 11.4 Å². The van der Waals surface area contributed by atoms with Crippen molar-refractivity contribution in [2.75, 3.05) is 11.1 Å². The molecular weight excluding hydrogens is 365 g/mol. The van der Waals surface area contributed by atoms with Crippen LogP contribution >= 0.6 is 23.4 Å². The number of benzene rings is 1. The highest BCUT2D eigenvalue weighted by molar-refractivity contribution is 7.99. The molecular formula is C16H13ClFN5OS. The maximum atomic E-state index is 13.6. The zero-order valence-corrected chi connectivity index (χ0v) is 14.7. The Hall–Kier alpha value is -2.45. The second kappa shape index (κ2) is 7.62. The first-order chi connectivity index (χ1) is 12.0. The summed E-state index contributed by atoms with van der Waals surface area (Å²) in [7, 11) is 1.80. The van der Waals surface area contributed by atoms with Crippen LogP contribution in [0.25, 0.3) is 11.4 Å². The summed E-state index contributed by atoms with van der Waals surface area (Å²) < 4.78 is 15.4. The van der Waals surface area contributed by atoms with E-state index < -0.39 is 5.82 Å². The van der Waals surface area contributed by atoms with E-state index >= 15 is 0 Å². The average Bonchev–Trinajstić information content (AvgIpc) is 2.98. The van der Waals surface area contributed by atoms with Crippen molar-refractivity contribution in [1.82, 2.24) is 19.7 Å². The van der Waals surface area contributed by atoms with E-state index in [2.05, 4.69) is 20.5 Å². The summed E-state index contributed by atoms with van der Waals surface area (Å²) >= 11 is 7.01. The summed E-state index contributed by atoms with van der Waals surface area (Å²) in [5, 5.41) is 11.6. The van der Waals surface area contributed by atoms with E-state index in [0.29, 0.717) is 16.0 Å². The number of nitrogens with zero attached hydrogens (tertiary/aromatic N) is 4. The quantitative estimate of drug-likeness (QED) is 0.690. The van der Waals surface area contributed by atoms with Gasteiger partial charge in [-0.25, -0.2) is 4.39 Å². The molecule has 2 aromatic heterocycles. The van der Waals surface area contributed by atoms with Crippen molar-refractivity contribution in [3.05, 3.63) is 53.6 Å². The lowest BCUT2D eigenvalue weighted by molar-refractivity contribution is -0.113. The lowest BCUT2D eigenvalue weighted by atomic mass is 10.3. The summed E-state index contributed by atoms with van der Waals surface area (Å²) in [4.78, 5) is 16.1. The highest BCUT2D eigenvalue weighted by Crippen LogP contribution is 2.23. The van der Waals surface area contributed by atoms with E-state index in [1.807, 2.05) is 12.1 Å². The van der Waals surface area contributed by atoms with E-state index in [9.17, 15) is 9.18 Å². The molecule has 0 fully saturated rings. The fourth-order valence-electron chi connectivity index (χ4n) is 2.10. The fraction of sp³-hybridized carbons (Fsp3) is 0.125. The van der Waals surface area contributed by atoms with E-state index in [1.165, 1.54) is 30.0 Å². The van der Waals surface area contributed by atoms with Crippen LogP contribution in [0.3, 0.4) is 0 Å². The van der Waals surface area contributed by atoms with Gasteiger partial charge in [-0.05, 0) is 30.3 Å². The molecule has 0 atom stereocenters. The topological polar surface area (TPSA) is 72.7 Å². The Morgan fingerprint density at radius 1 is 1.36 bits per heavy atom. The van der Waals surface area contributed by atoms with Gasteiger partial charge in [0.25, 0.3) is 0 Å². The molecule has 9 heteroatoms. The van der Waals surface area contributed by atoms with Crippen molar-refractivity contribution in [2.45, 2.75) is 5.16 Å². The lowest BCUT2D eigenvalue weighted by Crippen LogP contribution is -2.15. The third-order valence-electron chi connectivity index (χ3n) is 3.29. The number of amides is 1. The number of nitrogens with one attached hydrogen (secondary N) is 1. The molecule has 0 bridgehead atoms. The van der Waals surface area contributed by atoms with Gasteiger partial charge in [-0.2, -0.15) is 0 Å². The molecule has 0 spiro atoms. The number of carbonyl (C=O) groups is 1. The molecule has 0 unspecified atom stereocenters. The average molecular weight is 378 g/mol. The first-order valence-corrected chi connectivity index (χ1v) is 8.58. The highest BCUT2D eigenvalue weighted by atomic mass is 35.5. The molecule has 1 aromatic carbocycles. The van der Waals surface area contributed by atoms with Crippen molar-refractivity contribution < 1.29 is 9.18 Å². The number of hydrogen-bond donors (Lipinski definition) is 1. The number of pyridine rings is 1. The van der Waals surface area contributed by atoms with Gasteiger partial charge in [0.05, 0.1) is 11.4 Å². The molecule has 6 nitrogen and oxygen atoms in total. The predicted octanol–water partition coefficient (Wildman–Crippen LogP) is 3.40. The molecule has 1 amide bonds. The maximum absolute atomic E-state index is 13.6. The Bertz CT molecular complexity index is 903. The minimum atomic E-state index is -0.541. The Kier molecular flexibility index (Phi) is 5.30. The molecule has 0 aliphatic carbocycles. The second-order valence-corrected chi connectivity index (χ2v) is 6.45. The summed E-state index contributed by atoms with van der Waals surface area (Å²) in [5.41, 5.74) is 0.877. The summed E-state index contributed by atoms with van der Waals surface area (Å²) in [6, 6.07) is 7.67. The van der Waals surface area contributed by atoms with Crippen LogP contribution in [0.4, 0.5) is 10.1 Å². The maximum Gasteiger partial charge on any atom is 0.234 e. The number of anilines is 1. The smallest absolute Gasteiger partial charge is 0.234 e. The highest BCUT2D eigenvalue weighted by Gasteiger charge is 2.14. The van der Waals surface area contributed by atoms with Crippen molar-refractivity contribution >= 4 is 35.0 Å². The Labute approximate surface area is 152 Å². The largest absolute Gasteiger partial charge is 0.323 e. The van der Waals surface area contributed by atoms with Crippen LogP contribution < -0.4 is 5.32 Å². The standard InChI is InChI=1S/C16H13ClFN5OS/c1-23-15(10-3-2-6-19-8-10)21-22-16(23)25-9-14(24)20-13-7-11(17)4-5-12(13)18/h2-8H,9H2,1H3,(H,20,24). The van der Waals surface area contributed by atoms with Crippen LogP contribution in [-0.2, 0) is 11.8 Å². The van der Waals surface area contributed by atoms with Gasteiger partial charge in [0.2, 0.25) is 5.91 Å². The number of rotatable bonds is 5. The minimum Gasteiger partial charge on any atom is -0.323 e. The number of thioether (sulfide) groups is 1. The molecule has 0 aliphatic rings. The zero-order valence-electron chi connectivity index (χ0n) is 13.1. The normalized spacial score (nSPS) is 10.7. The van der Waals surface area contributed by atoms with Gasteiger partial charge >= 0.3 is 0 Å². The molecule has 2 heterocycles. The van der Waals surface area contributed by atoms with Crippen molar-refractivity contribution in [1.29, 1.82) is 0 Å². The van der Waals surface area contributed by atoms with Gasteiger partial charge in [0, 0.05) is 30.0 Å². The zero-order chi connectivity index (χ0) is 17.8. The molecule has 0 saturated heterocycles. The first kappa shape index (κ1) is 17.4. The van der Waals surface area contributed by atoms with Crippen molar-refractivity contribution in [3.63, 3.8) is 0 Å². The third-order valence-corrected chi connectivity index (χ3v) is 4.54. The molecule has 3 aromatic rings. The van der Waals surface area contributed by atoms with Crippen LogP contribution in [-0.4, -0.2) is 31.4 Å². The van der Waals surface area contributed by atoms with Crippen LogP contribution in [0.5, 0.6) is 0 Å². The summed E-state index contributed by atoms with van der Waals surface area (Å²) in [6.45, 7) is 0. The molecule has 0 saturated carbocycles. The van der Waals surface area contributed by atoms with Gasteiger partial charge in [0.15, 0.2) is 11.0 Å². The molecule has 0 aliphatic heterocycles. The predicted molar refractivity (Wildman–Crippen MR) is 95.0 cm³/mol. The molecule has 0 radical (unpaired) electrons. The number of aromatic nitrogens is 4. The van der Waals surface area contributed by atoms with Gasteiger partial charge in [0.1, 0.15) is 5.82 Å². The molecule has 1 N–H and O–H groups in total. The number of halogens is 2. The molecule has 3 rings (SSSR count). The monoisotopic (exact) mass is 377 g/mol. The summed E-state index contributed by atoms with van der Waals surface area (Å²) in [6.07, 6.45) is 3.36. The summed E-state index contributed by atoms with van der Waals surface area (Å²) in [5.74, 6) is -0.195. The van der Waals surface area contributed by atoms with Crippen LogP contribution in [0, 0.1) is 5.82 Å². The van der Waals surface area contributed by atoms with Gasteiger partial charge < -0.3 is 9.88 Å². The fourth-order valence-corrected chi connectivity index (χ4v) is 2.98. The van der Waals surface area contributed by atoms with E-state index in [0.717, 1.165) is 5.56 Å². The Morgan fingerprint density at radius 3 is 2.96 bits per heavy atom. The van der Waals surface area contributed by atoms with Crippen LogP contribution in [0.1, 0.15) is 0 Å². The Balaban J connectivity index is 1.65. The van der Waals surface area contributed by atoms with Gasteiger partial charge in [-0.1, -0.05) is 23.4 Å². The van der Waals surface area contributed by atoms with Gasteiger partial charge in [-0.15, -0.1) is 10.2 Å². The third kappa shape index (κ3) is 4.15. The van der Waals surface area contributed by atoms with E-state index in [1.54, 1.807) is 24.0 Å². The van der Waals surface area contributed by atoms with Crippen LogP contribution in [0.15, 0.2) is 47.9 Å². The SMILES string of the molecule is Cn1c(SCC(=O)Nc2cc(Cl)ccc2F)nnc1-c1cccnc1. The first-order valence-electron chi connectivity index (χ1n) is 7.22. The van der Waals surface area contributed by atoms with Crippen LogP contribution in [0.2, 0.25) is 5.02 Å². The Morgan fingerprint density at radius 2 is 2.20 bits per heavy atom. The molecule has 128 valence electrons.